The molecule has 1 unspecified atom stereocenters. The molecule has 1 saturated heterocycles. The number of aryl methyl sites for hydroxylation is 2. The minimum atomic E-state index is -4.33. The minimum Gasteiger partial charge on any atom is -0.282 e. The van der Waals surface area contributed by atoms with Crippen LogP contribution in [-0.2, 0) is 20.0 Å². The number of nitro groups is 1. The SMILES string of the molecule is Cc1ccc(S(=O)(=O)N2CC(C3=CCCN3S(=O)(=O)c3ccc(C)cc3)N(c3cccc([N+](=O)[O-])c3)C2=O)cc1. The van der Waals surface area contributed by atoms with Gasteiger partial charge in [-0.05, 0) is 50.6 Å². The van der Waals surface area contributed by atoms with Crippen molar-refractivity contribution >= 4 is 37.5 Å². The van der Waals surface area contributed by atoms with Crippen LogP contribution in [-0.4, -0.2) is 55.5 Å². The number of anilines is 1. The first-order valence-corrected chi connectivity index (χ1v) is 15.3. The van der Waals surface area contributed by atoms with Gasteiger partial charge in [0.2, 0.25) is 0 Å². The van der Waals surface area contributed by atoms with Crippen molar-refractivity contribution in [2.75, 3.05) is 18.0 Å². The van der Waals surface area contributed by atoms with E-state index in [0.29, 0.717) is 10.7 Å². The number of urea groups is 1. The van der Waals surface area contributed by atoms with Crippen molar-refractivity contribution in [3.8, 4) is 0 Å². The van der Waals surface area contributed by atoms with Crippen LogP contribution in [0.2, 0.25) is 0 Å². The molecule has 2 amide bonds. The van der Waals surface area contributed by atoms with Gasteiger partial charge in [0.15, 0.2) is 0 Å². The topological polar surface area (TPSA) is 138 Å². The molecule has 0 spiro atoms. The van der Waals surface area contributed by atoms with Crippen LogP contribution in [0.3, 0.4) is 0 Å². The number of benzene rings is 3. The Balaban J connectivity index is 1.60. The molecule has 208 valence electrons. The van der Waals surface area contributed by atoms with Crippen molar-refractivity contribution in [3.63, 3.8) is 0 Å². The largest absolute Gasteiger partial charge is 0.339 e. The molecule has 3 aromatic rings. The Morgan fingerprint density at radius 1 is 0.825 bits per heavy atom. The number of hydrogen-bond acceptors (Lipinski definition) is 7. The van der Waals surface area contributed by atoms with Crippen molar-refractivity contribution < 1.29 is 26.6 Å². The Kier molecular flexibility index (Phi) is 6.88. The van der Waals surface area contributed by atoms with Gasteiger partial charge in [-0.15, -0.1) is 0 Å². The molecule has 0 bridgehead atoms. The molecule has 0 radical (unpaired) electrons. The van der Waals surface area contributed by atoms with Crippen LogP contribution in [0, 0.1) is 24.0 Å². The average molecular weight is 583 g/mol. The summed E-state index contributed by atoms with van der Waals surface area (Å²) in [5.74, 6) is 0. The van der Waals surface area contributed by atoms with Crippen molar-refractivity contribution in [1.82, 2.24) is 8.61 Å². The highest BCUT2D eigenvalue weighted by molar-refractivity contribution is 7.90. The van der Waals surface area contributed by atoms with E-state index in [1.165, 1.54) is 52.8 Å². The number of non-ortho nitro benzene ring substituents is 1. The lowest BCUT2D eigenvalue weighted by molar-refractivity contribution is -0.384. The monoisotopic (exact) mass is 582 g/mol. The van der Waals surface area contributed by atoms with Gasteiger partial charge in [-0.25, -0.2) is 25.9 Å². The quantitative estimate of drug-likeness (QED) is 0.301. The Bertz CT molecular complexity index is 1740. The highest BCUT2D eigenvalue weighted by Crippen LogP contribution is 2.38. The molecule has 13 heteroatoms. The van der Waals surface area contributed by atoms with Crippen LogP contribution in [0.25, 0.3) is 0 Å². The van der Waals surface area contributed by atoms with Crippen molar-refractivity contribution in [2.24, 2.45) is 0 Å². The van der Waals surface area contributed by atoms with Gasteiger partial charge >= 0.3 is 6.03 Å². The molecular weight excluding hydrogens is 556 g/mol. The van der Waals surface area contributed by atoms with Gasteiger partial charge in [-0.1, -0.05) is 47.5 Å². The third-order valence-corrected chi connectivity index (χ3v) is 10.5. The number of carbonyl (C=O) groups excluding carboxylic acids is 1. The fraction of sp³-hybridized carbons (Fsp3) is 0.222. The third-order valence-electron chi connectivity index (χ3n) is 6.92. The molecule has 5 rings (SSSR count). The van der Waals surface area contributed by atoms with Crippen LogP contribution in [0.1, 0.15) is 17.5 Å². The van der Waals surface area contributed by atoms with E-state index in [1.54, 1.807) is 37.3 Å². The molecule has 0 N–H and O–H groups in total. The fourth-order valence-electron chi connectivity index (χ4n) is 4.84. The van der Waals surface area contributed by atoms with E-state index in [0.717, 1.165) is 16.0 Å². The Hall–Kier alpha value is -4.23. The standard InChI is InChI=1S/C27H26N4O7S2/c1-19-8-12-23(13-9-19)39(35,36)28-16-4-7-25(28)26-18-29(40(37,38)24-14-10-20(2)11-15-24)27(32)30(26)21-5-3-6-22(17-21)31(33)34/h3,5-15,17,26H,4,16,18H2,1-2H3. The van der Waals surface area contributed by atoms with Gasteiger partial charge in [0.25, 0.3) is 25.7 Å². The number of nitrogens with zero attached hydrogens (tertiary/aromatic N) is 4. The smallest absolute Gasteiger partial charge is 0.282 e. The lowest BCUT2D eigenvalue weighted by Gasteiger charge is -2.30. The number of amides is 2. The molecule has 2 heterocycles. The van der Waals surface area contributed by atoms with E-state index in [4.69, 9.17) is 0 Å². The molecule has 40 heavy (non-hydrogen) atoms. The lowest BCUT2D eigenvalue weighted by Crippen LogP contribution is -2.42. The first-order chi connectivity index (χ1) is 18.9. The summed E-state index contributed by atoms with van der Waals surface area (Å²) < 4.78 is 56.5. The Morgan fingerprint density at radius 2 is 1.38 bits per heavy atom. The number of rotatable bonds is 7. The summed E-state index contributed by atoms with van der Waals surface area (Å²) in [5.41, 5.74) is 1.71. The van der Waals surface area contributed by atoms with Gasteiger partial charge in [0.05, 0.1) is 38.7 Å². The maximum absolute atomic E-state index is 13.8. The molecule has 3 aromatic carbocycles. The molecule has 1 fully saturated rings. The number of nitro benzene ring substituents is 1. The van der Waals surface area contributed by atoms with Gasteiger partial charge in [-0.2, -0.15) is 0 Å². The maximum Gasteiger partial charge on any atom is 0.339 e. The molecule has 11 nitrogen and oxygen atoms in total. The van der Waals surface area contributed by atoms with E-state index in [1.807, 2.05) is 6.92 Å². The number of hydrogen-bond donors (Lipinski definition) is 0. The third kappa shape index (κ3) is 4.71. The summed E-state index contributed by atoms with van der Waals surface area (Å²) in [6, 6.07) is 15.6. The summed E-state index contributed by atoms with van der Waals surface area (Å²) in [4.78, 5) is 25.7. The first kappa shape index (κ1) is 27.3. The summed E-state index contributed by atoms with van der Waals surface area (Å²) >= 11 is 0. The molecule has 1 atom stereocenters. The Labute approximate surface area is 232 Å². The van der Waals surface area contributed by atoms with Crippen LogP contribution in [0.5, 0.6) is 0 Å². The molecule has 2 aliphatic rings. The van der Waals surface area contributed by atoms with Crippen molar-refractivity contribution in [1.29, 1.82) is 0 Å². The summed E-state index contributed by atoms with van der Waals surface area (Å²) in [5, 5.41) is 11.5. The van der Waals surface area contributed by atoms with E-state index >= 15 is 0 Å². The molecule has 0 saturated carbocycles. The second kappa shape index (κ2) is 10.1. The summed E-state index contributed by atoms with van der Waals surface area (Å²) in [6.07, 6.45) is 2.01. The zero-order valence-corrected chi connectivity index (χ0v) is 23.3. The van der Waals surface area contributed by atoms with Gasteiger partial charge in [0, 0.05) is 18.7 Å². The first-order valence-electron chi connectivity index (χ1n) is 12.4. The van der Waals surface area contributed by atoms with E-state index in [2.05, 4.69) is 0 Å². The van der Waals surface area contributed by atoms with Crippen molar-refractivity contribution in [3.05, 3.63) is 106 Å². The van der Waals surface area contributed by atoms with Crippen LogP contribution in [0.15, 0.2) is 94.4 Å². The van der Waals surface area contributed by atoms with Crippen molar-refractivity contribution in [2.45, 2.75) is 36.1 Å². The molecule has 0 aliphatic carbocycles. The van der Waals surface area contributed by atoms with E-state index in [-0.39, 0.29) is 40.0 Å². The highest BCUT2D eigenvalue weighted by atomic mass is 32.2. The lowest BCUT2D eigenvalue weighted by atomic mass is 10.1. The Morgan fingerprint density at radius 3 is 1.93 bits per heavy atom. The highest BCUT2D eigenvalue weighted by Gasteiger charge is 2.49. The summed E-state index contributed by atoms with van der Waals surface area (Å²) in [7, 11) is -8.38. The predicted octanol–water partition coefficient (Wildman–Crippen LogP) is 4.19. The molecular formula is C27H26N4O7S2. The van der Waals surface area contributed by atoms with E-state index in [9.17, 15) is 31.7 Å². The zero-order chi connectivity index (χ0) is 28.8. The average Bonchev–Trinajstić information content (AvgIpc) is 3.55. The second-order valence-corrected chi connectivity index (χ2v) is 13.3. The second-order valence-electron chi connectivity index (χ2n) is 9.60. The normalized spacial score (nSPS) is 17.9. The van der Waals surface area contributed by atoms with Crippen LogP contribution in [0.4, 0.5) is 16.2 Å². The molecule has 0 aromatic heterocycles. The zero-order valence-electron chi connectivity index (χ0n) is 21.7. The van der Waals surface area contributed by atoms with Crippen LogP contribution >= 0.6 is 0 Å². The van der Waals surface area contributed by atoms with Crippen LogP contribution < -0.4 is 4.90 Å². The van der Waals surface area contributed by atoms with Gasteiger partial charge in [0.1, 0.15) is 0 Å². The number of sulfonamides is 2. The summed E-state index contributed by atoms with van der Waals surface area (Å²) in [6.45, 7) is 3.35. The number of carbonyl (C=O) groups is 1. The fourth-order valence-corrected chi connectivity index (χ4v) is 7.76. The minimum absolute atomic E-state index is 0.0567. The maximum atomic E-state index is 13.8. The predicted molar refractivity (Wildman–Crippen MR) is 148 cm³/mol. The van der Waals surface area contributed by atoms with Gasteiger partial charge in [-0.3, -0.25) is 19.3 Å². The van der Waals surface area contributed by atoms with Gasteiger partial charge < -0.3 is 0 Å². The van der Waals surface area contributed by atoms with E-state index < -0.39 is 37.0 Å². The molecule has 2 aliphatic heterocycles.